The molecule has 0 radical (unpaired) electrons. The number of thioether (sulfide) groups is 1. The van der Waals surface area contributed by atoms with Crippen LogP contribution in [-0.2, 0) is 0 Å². The van der Waals surface area contributed by atoms with Gasteiger partial charge in [-0.2, -0.15) is 16.7 Å². The van der Waals surface area contributed by atoms with Crippen LogP contribution in [0.15, 0.2) is 10.7 Å². The fraction of sp³-hybridized carbons (Fsp3) is 0.556. The van der Waals surface area contributed by atoms with Crippen LogP contribution in [0, 0.1) is 0 Å². The van der Waals surface area contributed by atoms with Gasteiger partial charge in [0.2, 0.25) is 5.28 Å². The van der Waals surface area contributed by atoms with Crippen LogP contribution in [0.1, 0.15) is 13.8 Å². The molecule has 15 heavy (non-hydrogen) atoms. The summed E-state index contributed by atoms with van der Waals surface area (Å²) in [7, 11) is 0. The van der Waals surface area contributed by atoms with E-state index in [0.29, 0.717) is 6.04 Å². The molecule has 1 N–H and O–H groups in total. The molecule has 1 atom stereocenters. The fourth-order valence-electron chi connectivity index (χ4n) is 1.02. The van der Waals surface area contributed by atoms with Crippen molar-refractivity contribution in [3.63, 3.8) is 0 Å². The SMILES string of the molecule is CCSCC(C)Nc1nc(Cl)ncc1Br. The minimum Gasteiger partial charge on any atom is -0.366 e. The number of hydrogen-bond donors (Lipinski definition) is 1. The Morgan fingerprint density at radius 1 is 1.67 bits per heavy atom. The monoisotopic (exact) mass is 309 g/mol. The van der Waals surface area contributed by atoms with E-state index in [1.165, 1.54) is 0 Å². The van der Waals surface area contributed by atoms with Crippen molar-refractivity contribution in [1.82, 2.24) is 9.97 Å². The van der Waals surface area contributed by atoms with Crippen LogP contribution in [0.5, 0.6) is 0 Å². The summed E-state index contributed by atoms with van der Waals surface area (Å²) in [5.41, 5.74) is 0. The van der Waals surface area contributed by atoms with Crippen LogP contribution in [0.4, 0.5) is 5.82 Å². The molecule has 1 aromatic rings. The predicted molar refractivity (Wildman–Crippen MR) is 70.8 cm³/mol. The number of aromatic nitrogens is 2. The van der Waals surface area contributed by atoms with Crippen molar-refractivity contribution in [2.45, 2.75) is 19.9 Å². The zero-order chi connectivity index (χ0) is 11.3. The Morgan fingerprint density at radius 3 is 3.07 bits per heavy atom. The van der Waals surface area contributed by atoms with E-state index in [1.54, 1.807) is 6.20 Å². The summed E-state index contributed by atoms with van der Waals surface area (Å²) in [6.07, 6.45) is 1.65. The van der Waals surface area contributed by atoms with Crippen molar-refractivity contribution in [3.8, 4) is 0 Å². The van der Waals surface area contributed by atoms with Gasteiger partial charge < -0.3 is 5.32 Å². The summed E-state index contributed by atoms with van der Waals surface area (Å²) in [5, 5.41) is 3.54. The number of hydrogen-bond acceptors (Lipinski definition) is 4. The van der Waals surface area contributed by atoms with Gasteiger partial charge in [0.05, 0.1) is 4.47 Å². The highest BCUT2D eigenvalue weighted by Crippen LogP contribution is 2.21. The van der Waals surface area contributed by atoms with E-state index in [0.717, 1.165) is 21.8 Å². The van der Waals surface area contributed by atoms with E-state index in [2.05, 4.69) is 45.1 Å². The first-order chi connectivity index (χ1) is 7.13. The van der Waals surface area contributed by atoms with E-state index < -0.39 is 0 Å². The number of nitrogens with one attached hydrogen (secondary N) is 1. The van der Waals surface area contributed by atoms with E-state index in [-0.39, 0.29) is 5.28 Å². The Hall–Kier alpha value is -0.000000000000000111. The van der Waals surface area contributed by atoms with E-state index in [9.17, 15) is 0 Å². The summed E-state index contributed by atoms with van der Waals surface area (Å²) in [6.45, 7) is 4.26. The molecule has 6 heteroatoms. The molecule has 1 unspecified atom stereocenters. The first-order valence-electron chi connectivity index (χ1n) is 4.65. The van der Waals surface area contributed by atoms with Gasteiger partial charge in [0.25, 0.3) is 0 Å². The summed E-state index contributed by atoms with van der Waals surface area (Å²) >= 11 is 11.0. The largest absolute Gasteiger partial charge is 0.366 e. The topological polar surface area (TPSA) is 37.8 Å². The molecular formula is C9H13BrClN3S. The van der Waals surface area contributed by atoms with Crippen LogP contribution in [0.25, 0.3) is 0 Å². The molecule has 0 aliphatic rings. The smallest absolute Gasteiger partial charge is 0.224 e. The predicted octanol–water partition coefficient (Wildman–Crippen LogP) is 3.45. The molecule has 0 aliphatic heterocycles. The second-order valence-corrected chi connectivity index (χ2v) is 5.55. The number of rotatable bonds is 5. The molecule has 0 fully saturated rings. The number of halogens is 2. The van der Waals surface area contributed by atoms with Crippen LogP contribution < -0.4 is 5.32 Å². The molecular weight excluding hydrogens is 298 g/mol. The second-order valence-electron chi connectivity index (χ2n) is 3.04. The third-order valence-corrected chi connectivity index (χ3v) is 3.58. The first-order valence-corrected chi connectivity index (χ1v) is 6.98. The van der Waals surface area contributed by atoms with Crippen LogP contribution in [0.2, 0.25) is 5.28 Å². The van der Waals surface area contributed by atoms with Crippen molar-refractivity contribution >= 4 is 45.1 Å². The molecule has 0 aliphatic carbocycles. The molecule has 1 aromatic heterocycles. The average molecular weight is 311 g/mol. The van der Waals surface area contributed by atoms with Crippen molar-refractivity contribution in [1.29, 1.82) is 0 Å². The van der Waals surface area contributed by atoms with Gasteiger partial charge in [-0.05, 0) is 40.2 Å². The summed E-state index contributed by atoms with van der Waals surface area (Å²) in [6, 6.07) is 0.359. The quantitative estimate of drug-likeness (QED) is 0.845. The lowest BCUT2D eigenvalue weighted by Crippen LogP contribution is -2.19. The zero-order valence-corrected chi connectivity index (χ0v) is 11.8. The van der Waals surface area contributed by atoms with Gasteiger partial charge in [-0.15, -0.1) is 0 Å². The Morgan fingerprint density at radius 2 is 2.40 bits per heavy atom. The first kappa shape index (κ1) is 13.1. The number of nitrogens with zero attached hydrogens (tertiary/aromatic N) is 2. The van der Waals surface area contributed by atoms with Gasteiger partial charge in [-0.3, -0.25) is 0 Å². The minimum absolute atomic E-state index is 0.260. The van der Waals surface area contributed by atoms with Gasteiger partial charge >= 0.3 is 0 Å². The highest BCUT2D eigenvalue weighted by atomic mass is 79.9. The lowest BCUT2D eigenvalue weighted by Gasteiger charge is -2.14. The van der Waals surface area contributed by atoms with Crippen LogP contribution in [0.3, 0.4) is 0 Å². The maximum Gasteiger partial charge on any atom is 0.224 e. The Labute approximate surface area is 108 Å². The molecule has 0 aromatic carbocycles. The highest BCUT2D eigenvalue weighted by Gasteiger charge is 2.07. The third kappa shape index (κ3) is 4.57. The van der Waals surface area contributed by atoms with Crippen molar-refractivity contribution in [3.05, 3.63) is 16.0 Å². The summed E-state index contributed by atoms with van der Waals surface area (Å²) in [5.74, 6) is 2.92. The maximum absolute atomic E-state index is 5.72. The molecule has 0 bridgehead atoms. The van der Waals surface area contributed by atoms with Gasteiger partial charge in [0, 0.05) is 18.0 Å². The molecule has 0 spiro atoms. The normalized spacial score (nSPS) is 12.5. The Balaban J connectivity index is 2.59. The molecule has 1 heterocycles. The van der Waals surface area contributed by atoms with Gasteiger partial charge in [-0.25, -0.2) is 4.98 Å². The van der Waals surface area contributed by atoms with Gasteiger partial charge in [-0.1, -0.05) is 6.92 Å². The fourth-order valence-corrected chi connectivity index (χ4v) is 2.13. The van der Waals surface area contributed by atoms with Crippen molar-refractivity contribution in [2.75, 3.05) is 16.8 Å². The lowest BCUT2D eigenvalue weighted by atomic mass is 10.4. The van der Waals surface area contributed by atoms with Gasteiger partial charge in [0.15, 0.2) is 0 Å². The molecule has 0 amide bonds. The standard InChI is InChI=1S/C9H13BrClN3S/c1-3-15-5-6(2)13-8-7(10)4-12-9(11)14-8/h4,6H,3,5H2,1-2H3,(H,12,13,14). The van der Waals surface area contributed by atoms with E-state index in [4.69, 9.17) is 11.6 Å². The molecule has 3 nitrogen and oxygen atoms in total. The molecule has 0 saturated carbocycles. The van der Waals surface area contributed by atoms with Crippen molar-refractivity contribution < 1.29 is 0 Å². The van der Waals surface area contributed by atoms with Crippen LogP contribution in [-0.4, -0.2) is 27.5 Å². The lowest BCUT2D eigenvalue weighted by molar-refractivity contribution is 0.896. The molecule has 0 saturated heterocycles. The second kappa shape index (κ2) is 6.55. The van der Waals surface area contributed by atoms with Crippen LogP contribution >= 0.6 is 39.3 Å². The summed E-state index contributed by atoms with van der Waals surface area (Å²) < 4.78 is 0.834. The summed E-state index contributed by atoms with van der Waals surface area (Å²) in [4.78, 5) is 7.98. The minimum atomic E-state index is 0.260. The maximum atomic E-state index is 5.72. The Bertz CT molecular complexity index is 324. The number of anilines is 1. The Kier molecular flexibility index (Phi) is 5.71. The van der Waals surface area contributed by atoms with E-state index >= 15 is 0 Å². The highest BCUT2D eigenvalue weighted by molar-refractivity contribution is 9.10. The zero-order valence-electron chi connectivity index (χ0n) is 8.63. The average Bonchev–Trinajstić information content (AvgIpc) is 2.20. The third-order valence-electron chi connectivity index (χ3n) is 1.67. The van der Waals surface area contributed by atoms with E-state index in [1.807, 2.05) is 11.8 Å². The molecule has 84 valence electrons. The van der Waals surface area contributed by atoms with Crippen molar-refractivity contribution in [2.24, 2.45) is 0 Å². The molecule has 1 rings (SSSR count). The van der Waals surface area contributed by atoms with Gasteiger partial charge in [0.1, 0.15) is 5.82 Å².